The highest BCUT2D eigenvalue weighted by Crippen LogP contribution is 2.33. The number of benzene rings is 2. The van der Waals surface area contributed by atoms with E-state index in [-0.39, 0.29) is 32.3 Å². The summed E-state index contributed by atoms with van der Waals surface area (Å²) in [7, 11) is 0. The monoisotopic (exact) mass is 387 g/mol. The van der Waals surface area contributed by atoms with E-state index in [4.69, 9.17) is 18.9 Å². The maximum atomic E-state index is 12.1. The maximum absolute atomic E-state index is 12.1. The van der Waals surface area contributed by atoms with Gasteiger partial charge in [-0.05, 0) is 31.9 Å². The predicted molar refractivity (Wildman–Crippen MR) is 99.3 cm³/mol. The molecule has 0 bridgehead atoms. The summed E-state index contributed by atoms with van der Waals surface area (Å²) >= 11 is 0. The summed E-state index contributed by atoms with van der Waals surface area (Å²) in [4.78, 5) is 22.7. The lowest BCUT2D eigenvalue weighted by atomic mass is 10.1. The molecule has 1 heterocycles. The van der Waals surface area contributed by atoms with Crippen LogP contribution in [0.5, 0.6) is 11.5 Å². The number of nitrogens with zero attached hydrogens (tertiary/aromatic N) is 1. The van der Waals surface area contributed by atoms with Gasteiger partial charge >= 0.3 is 5.97 Å². The van der Waals surface area contributed by atoms with Crippen molar-refractivity contribution in [1.82, 2.24) is 0 Å². The molecule has 0 amide bonds. The Morgan fingerprint density at radius 1 is 1.18 bits per heavy atom. The minimum atomic E-state index is -0.577. The molecule has 8 nitrogen and oxygen atoms in total. The molecule has 0 N–H and O–H groups in total. The largest absolute Gasteiger partial charge is 0.481 e. The van der Waals surface area contributed by atoms with Gasteiger partial charge in [0.15, 0.2) is 13.4 Å². The van der Waals surface area contributed by atoms with Crippen LogP contribution < -0.4 is 9.47 Å². The molecule has 0 saturated heterocycles. The lowest BCUT2D eigenvalue weighted by Crippen LogP contribution is -2.17. The van der Waals surface area contributed by atoms with Crippen LogP contribution in [0.15, 0.2) is 24.3 Å². The van der Waals surface area contributed by atoms with Gasteiger partial charge in [-0.1, -0.05) is 17.7 Å². The number of nitro groups is 1. The number of carbonyl (C=O) groups excluding carboxylic acids is 1. The van der Waals surface area contributed by atoms with E-state index in [1.165, 1.54) is 12.1 Å². The fraction of sp³-hybridized carbons (Fsp3) is 0.350. The fourth-order valence-corrected chi connectivity index (χ4v) is 3.22. The van der Waals surface area contributed by atoms with Crippen molar-refractivity contribution >= 4 is 11.7 Å². The van der Waals surface area contributed by atoms with Crippen molar-refractivity contribution in [2.75, 3.05) is 13.4 Å². The lowest BCUT2D eigenvalue weighted by Gasteiger charge is -2.20. The van der Waals surface area contributed by atoms with Gasteiger partial charge in [-0.2, -0.15) is 0 Å². The number of aryl methyl sites for hydroxylation is 3. The van der Waals surface area contributed by atoms with Gasteiger partial charge in [0.25, 0.3) is 5.69 Å². The summed E-state index contributed by atoms with van der Waals surface area (Å²) in [6.07, 6.45) is 0. The molecular formula is C20H21NO7. The zero-order valence-electron chi connectivity index (χ0n) is 15.9. The number of nitro benzene ring substituents is 1. The highest BCUT2D eigenvalue weighted by molar-refractivity contribution is 5.71. The number of esters is 1. The molecule has 0 fully saturated rings. The zero-order valence-corrected chi connectivity index (χ0v) is 15.9. The second-order valence-corrected chi connectivity index (χ2v) is 6.64. The van der Waals surface area contributed by atoms with Crippen LogP contribution in [0.1, 0.15) is 27.8 Å². The summed E-state index contributed by atoms with van der Waals surface area (Å²) in [6.45, 7) is 5.65. The molecular weight excluding hydrogens is 366 g/mol. The van der Waals surface area contributed by atoms with Gasteiger partial charge in [-0.25, -0.2) is 4.79 Å². The Morgan fingerprint density at radius 3 is 2.57 bits per heavy atom. The molecule has 28 heavy (non-hydrogen) atoms. The van der Waals surface area contributed by atoms with Crippen molar-refractivity contribution in [1.29, 1.82) is 0 Å². The van der Waals surface area contributed by atoms with Crippen LogP contribution in [0, 0.1) is 30.9 Å². The molecule has 1 aliphatic rings. The summed E-state index contributed by atoms with van der Waals surface area (Å²) in [5.74, 6) is 0.526. The molecule has 0 spiro atoms. The van der Waals surface area contributed by atoms with E-state index in [1.54, 1.807) is 0 Å². The van der Waals surface area contributed by atoms with Crippen molar-refractivity contribution in [2.45, 2.75) is 34.0 Å². The van der Waals surface area contributed by atoms with Crippen LogP contribution in [0.2, 0.25) is 0 Å². The molecule has 0 aliphatic carbocycles. The standard InChI is InChI=1S/C20H21NO7/c1-12-4-13(2)19(14(3)5-12)27-10-18(22)26-9-16-7-17(21(23)24)6-15-8-25-11-28-20(15)16/h4-7H,8-11H2,1-3H3. The quantitative estimate of drug-likeness (QED) is 0.425. The van der Waals surface area contributed by atoms with E-state index in [0.717, 1.165) is 16.7 Å². The SMILES string of the molecule is Cc1cc(C)c(OCC(=O)OCc2cc([N+](=O)[O-])cc3c2OCOC3)c(C)c1. The van der Waals surface area contributed by atoms with Crippen LogP contribution >= 0.6 is 0 Å². The van der Waals surface area contributed by atoms with E-state index < -0.39 is 10.9 Å². The molecule has 2 aromatic carbocycles. The normalized spacial score (nSPS) is 12.7. The minimum Gasteiger partial charge on any atom is -0.481 e. The minimum absolute atomic E-state index is 0.0425. The number of carbonyl (C=O) groups is 1. The first kappa shape index (κ1) is 19.6. The number of hydrogen-bond acceptors (Lipinski definition) is 7. The summed E-state index contributed by atoms with van der Waals surface area (Å²) in [5, 5.41) is 11.1. The van der Waals surface area contributed by atoms with Crippen molar-refractivity contribution in [3.05, 3.63) is 62.2 Å². The van der Waals surface area contributed by atoms with E-state index in [9.17, 15) is 14.9 Å². The molecule has 1 aliphatic heterocycles. The first-order chi connectivity index (χ1) is 13.3. The first-order valence-corrected chi connectivity index (χ1v) is 8.72. The average Bonchev–Trinajstić information content (AvgIpc) is 2.64. The number of fused-ring (bicyclic) bond motifs is 1. The Kier molecular flexibility index (Phi) is 5.79. The number of non-ortho nitro benzene ring substituents is 1. The molecule has 0 unspecified atom stereocenters. The van der Waals surface area contributed by atoms with E-state index in [1.807, 2.05) is 32.9 Å². The smallest absolute Gasteiger partial charge is 0.344 e. The van der Waals surface area contributed by atoms with Gasteiger partial charge in [0.05, 0.1) is 11.5 Å². The highest BCUT2D eigenvalue weighted by Gasteiger charge is 2.22. The Hall–Kier alpha value is -3.13. The van der Waals surface area contributed by atoms with Crippen molar-refractivity contribution in [3.63, 3.8) is 0 Å². The van der Waals surface area contributed by atoms with Crippen LogP contribution in [0.25, 0.3) is 0 Å². The Labute approximate surface area is 162 Å². The summed E-state index contributed by atoms with van der Waals surface area (Å²) in [5.41, 5.74) is 3.85. The molecule has 0 aromatic heterocycles. The van der Waals surface area contributed by atoms with Crippen LogP contribution in [-0.2, 0) is 27.5 Å². The number of rotatable bonds is 6. The Morgan fingerprint density at radius 2 is 1.89 bits per heavy atom. The second-order valence-electron chi connectivity index (χ2n) is 6.64. The van der Waals surface area contributed by atoms with E-state index in [2.05, 4.69) is 0 Å². The van der Waals surface area contributed by atoms with Gasteiger partial charge in [0, 0.05) is 23.3 Å². The molecule has 3 rings (SSSR count). The first-order valence-electron chi connectivity index (χ1n) is 8.72. The fourth-order valence-electron chi connectivity index (χ4n) is 3.22. The number of ether oxygens (including phenoxy) is 4. The lowest BCUT2D eigenvalue weighted by molar-refractivity contribution is -0.385. The van der Waals surface area contributed by atoms with Gasteiger partial charge in [0.2, 0.25) is 0 Å². The number of hydrogen-bond donors (Lipinski definition) is 0. The van der Waals surface area contributed by atoms with Crippen LogP contribution in [0.4, 0.5) is 5.69 Å². The predicted octanol–water partition coefficient (Wildman–Crippen LogP) is 3.51. The van der Waals surface area contributed by atoms with Gasteiger partial charge < -0.3 is 18.9 Å². The van der Waals surface area contributed by atoms with Crippen molar-refractivity contribution < 1.29 is 28.7 Å². The summed E-state index contributed by atoms with van der Waals surface area (Å²) < 4.78 is 21.4. The van der Waals surface area contributed by atoms with E-state index >= 15 is 0 Å². The highest BCUT2D eigenvalue weighted by atomic mass is 16.7. The van der Waals surface area contributed by atoms with Gasteiger partial charge in [0.1, 0.15) is 18.1 Å². The Bertz CT molecular complexity index is 900. The van der Waals surface area contributed by atoms with Gasteiger partial charge in [-0.15, -0.1) is 0 Å². The molecule has 148 valence electrons. The third-order valence-electron chi connectivity index (χ3n) is 4.31. The third kappa shape index (κ3) is 4.40. The molecule has 2 aromatic rings. The average molecular weight is 387 g/mol. The zero-order chi connectivity index (χ0) is 20.3. The van der Waals surface area contributed by atoms with Gasteiger partial charge in [-0.3, -0.25) is 10.1 Å². The third-order valence-corrected chi connectivity index (χ3v) is 4.31. The van der Waals surface area contributed by atoms with E-state index in [0.29, 0.717) is 22.6 Å². The molecule has 8 heteroatoms. The van der Waals surface area contributed by atoms with Crippen molar-refractivity contribution in [2.24, 2.45) is 0 Å². The molecule has 0 saturated carbocycles. The van der Waals surface area contributed by atoms with Crippen LogP contribution in [-0.4, -0.2) is 24.3 Å². The second kappa shape index (κ2) is 8.26. The Balaban J connectivity index is 1.66. The van der Waals surface area contributed by atoms with Crippen molar-refractivity contribution in [3.8, 4) is 11.5 Å². The maximum Gasteiger partial charge on any atom is 0.344 e. The summed E-state index contributed by atoms with van der Waals surface area (Å²) in [6, 6.07) is 6.68. The molecule has 0 atom stereocenters. The molecule has 0 radical (unpaired) electrons. The topological polar surface area (TPSA) is 97.1 Å². The van der Waals surface area contributed by atoms with Crippen LogP contribution in [0.3, 0.4) is 0 Å².